The van der Waals surface area contributed by atoms with E-state index in [0.717, 1.165) is 6.07 Å². The molecule has 0 amide bonds. The molecule has 146 valence electrons. The molecule has 0 aliphatic carbocycles. The van der Waals surface area contributed by atoms with Crippen molar-refractivity contribution in [2.45, 2.75) is 9.79 Å². The number of fused-ring (bicyclic) bond motifs is 1. The second-order valence-electron chi connectivity index (χ2n) is 5.84. The summed E-state index contributed by atoms with van der Waals surface area (Å²) in [5, 5.41) is 10.7. The lowest BCUT2D eigenvalue weighted by Gasteiger charge is -2.13. The van der Waals surface area contributed by atoms with Gasteiger partial charge < -0.3 is 5.11 Å². The Kier molecular flexibility index (Phi) is 5.11. The number of sulfonamides is 2. The van der Waals surface area contributed by atoms with Crippen LogP contribution >= 0.6 is 0 Å². The highest BCUT2D eigenvalue weighted by Crippen LogP contribution is 2.27. The highest BCUT2D eigenvalue weighted by atomic mass is 32.2. The number of hydrogen-bond acceptors (Lipinski definition) is 5. The lowest BCUT2D eigenvalue weighted by atomic mass is 10.1. The minimum atomic E-state index is -4.23. The topological polar surface area (TPSA) is 130 Å². The fourth-order valence-corrected chi connectivity index (χ4v) is 4.60. The van der Waals surface area contributed by atoms with E-state index in [9.17, 15) is 26.7 Å². The van der Waals surface area contributed by atoms with E-state index in [-0.39, 0.29) is 21.0 Å². The monoisotopic (exact) mass is 420 g/mol. The van der Waals surface area contributed by atoms with E-state index in [4.69, 9.17) is 0 Å². The summed E-state index contributed by atoms with van der Waals surface area (Å²) in [6.45, 7) is 0. The van der Waals surface area contributed by atoms with Crippen molar-refractivity contribution >= 4 is 42.5 Å². The molecule has 0 radical (unpaired) electrons. The largest absolute Gasteiger partial charge is 0.478 e. The first-order chi connectivity index (χ1) is 13.1. The second kappa shape index (κ2) is 7.23. The van der Waals surface area contributed by atoms with Crippen molar-refractivity contribution in [2.24, 2.45) is 0 Å². The van der Waals surface area contributed by atoms with E-state index in [1.54, 1.807) is 24.3 Å². The molecule has 3 aromatic carbocycles. The lowest BCUT2D eigenvalue weighted by Crippen LogP contribution is -2.20. The molecule has 8 nitrogen and oxygen atoms in total. The van der Waals surface area contributed by atoms with Crippen LogP contribution < -0.4 is 9.44 Å². The van der Waals surface area contributed by atoms with Gasteiger partial charge in [0.25, 0.3) is 10.0 Å². The average molecular weight is 420 g/mol. The van der Waals surface area contributed by atoms with E-state index >= 15 is 0 Å². The van der Waals surface area contributed by atoms with Crippen LogP contribution in [0.2, 0.25) is 0 Å². The van der Waals surface area contributed by atoms with Gasteiger partial charge in [-0.2, -0.15) is 0 Å². The molecule has 0 bridgehead atoms. The summed E-state index contributed by atoms with van der Waals surface area (Å²) < 4.78 is 53.7. The third kappa shape index (κ3) is 3.84. The first-order valence-corrected chi connectivity index (χ1v) is 10.9. The zero-order valence-electron chi connectivity index (χ0n) is 14.6. The maximum Gasteiger partial charge on any atom is 0.337 e. The molecule has 0 fully saturated rings. The first kappa shape index (κ1) is 19.8. The van der Waals surface area contributed by atoms with E-state index in [1.807, 2.05) is 0 Å². The van der Waals surface area contributed by atoms with E-state index < -0.39 is 26.0 Å². The summed E-state index contributed by atoms with van der Waals surface area (Å²) in [7, 11) is -6.86. The molecule has 0 spiro atoms. The molecule has 0 unspecified atom stereocenters. The summed E-state index contributed by atoms with van der Waals surface area (Å²) in [4.78, 5) is 11.1. The van der Waals surface area contributed by atoms with Crippen molar-refractivity contribution in [1.29, 1.82) is 0 Å². The van der Waals surface area contributed by atoms with Gasteiger partial charge in [-0.25, -0.2) is 26.4 Å². The number of carbonyl (C=O) groups is 1. The number of carboxylic acid groups (broad SMARTS) is 1. The van der Waals surface area contributed by atoms with Crippen LogP contribution in [0.25, 0.3) is 10.8 Å². The minimum absolute atomic E-state index is 0.118. The van der Waals surface area contributed by atoms with Gasteiger partial charge in [0.2, 0.25) is 10.0 Å². The number of nitrogens with one attached hydrogen (secondary N) is 2. The predicted octanol–water partition coefficient (Wildman–Crippen LogP) is 2.25. The van der Waals surface area contributed by atoms with Gasteiger partial charge in [0.15, 0.2) is 0 Å². The fraction of sp³-hybridized carbons (Fsp3) is 0.0556. The highest BCUT2D eigenvalue weighted by molar-refractivity contribution is 7.93. The molecular formula is C18H16N2O6S2. The summed E-state index contributed by atoms with van der Waals surface area (Å²) in [5.41, 5.74) is -0.339. The van der Waals surface area contributed by atoms with Crippen LogP contribution in [0, 0.1) is 0 Å². The highest BCUT2D eigenvalue weighted by Gasteiger charge is 2.21. The smallest absolute Gasteiger partial charge is 0.337 e. The maximum absolute atomic E-state index is 12.8. The molecule has 3 N–H and O–H groups in total. The Bertz CT molecular complexity index is 1280. The van der Waals surface area contributed by atoms with E-state index in [1.165, 1.54) is 37.4 Å². The number of rotatable bonds is 6. The van der Waals surface area contributed by atoms with Crippen molar-refractivity contribution in [3.63, 3.8) is 0 Å². The SMILES string of the molecule is CNS(=O)(=O)c1cccc(S(=O)(=O)Nc2cc3ccccc3cc2C(=O)O)c1. The van der Waals surface area contributed by atoms with Gasteiger partial charge >= 0.3 is 5.97 Å². The van der Waals surface area contributed by atoms with Gasteiger partial charge in [-0.1, -0.05) is 30.3 Å². The Balaban J connectivity index is 2.09. The normalized spacial score (nSPS) is 12.0. The Labute approximate surface area is 161 Å². The van der Waals surface area contributed by atoms with E-state index in [0.29, 0.717) is 10.8 Å². The zero-order valence-corrected chi connectivity index (χ0v) is 16.2. The quantitative estimate of drug-likeness (QED) is 0.561. The predicted molar refractivity (Wildman–Crippen MR) is 104 cm³/mol. The van der Waals surface area contributed by atoms with Gasteiger partial charge in [-0.3, -0.25) is 4.72 Å². The third-order valence-electron chi connectivity index (χ3n) is 4.06. The summed E-state index contributed by atoms with van der Waals surface area (Å²) in [6, 6.07) is 14.5. The van der Waals surface area contributed by atoms with Crippen LogP contribution in [-0.4, -0.2) is 35.0 Å². The molecule has 0 heterocycles. The van der Waals surface area contributed by atoms with Crippen LogP contribution in [0.4, 0.5) is 5.69 Å². The Morgan fingerprint density at radius 3 is 1.96 bits per heavy atom. The van der Waals surface area contributed by atoms with Crippen LogP contribution in [-0.2, 0) is 20.0 Å². The van der Waals surface area contributed by atoms with Gasteiger partial charge in [-0.15, -0.1) is 0 Å². The third-order valence-corrected chi connectivity index (χ3v) is 6.83. The van der Waals surface area contributed by atoms with Gasteiger partial charge in [0, 0.05) is 0 Å². The molecule has 3 aromatic rings. The number of hydrogen-bond donors (Lipinski definition) is 3. The molecule has 0 saturated heterocycles. The summed E-state index contributed by atoms with van der Waals surface area (Å²) >= 11 is 0. The molecule has 0 aromatic heterocycles. The van der Waals surface area contributed by atoms with Crippen molar-refractivity contribution in [3.8, 4) is 0 Å². The fourth-order valence-electron chi connectivity index (χ4n) is 2.63. The molecule has 0 atom stereocenters. The molecule has 0 saturated carbocycles. The zero-order chi connectivity index (χ0) is 20.5. The molecule has 0 aliphatic rings. The van der Waals surface area contributed by atoms with Gasteiger partial charge in [0.1, 0.15) is 0 Å². The summed E-state index contributed by atoms with van der Waals surface area (Å²) in [5.74, 6) is -1.30. The molecule has 10 heteroatoms. The maximum atomic E-state index is 12.8. The lowest BCUT2D eigenvalue weighted by molar-refractivity contribution is 0.0698. The van der Waals surface area contributed by atoms with E-state index in [2.05, 4.69) is 9.44 Å². The van der Waals surface area contributed by atoms with Crippen molar-refractivity contribution in [3.05, 3.63) is 66.2 Å². The Morgan fingerprint density at radius 1 is 0.821 bits per heavy atom. The number of benzene rings is 3. The van der Waals surface area contributed by atoms with Crippen LogP contribution in [0.15, 0.2) is 70.5 Å². The molecule has 3 rings (SSSR count). The first-order valence-electron chi connectivity index (χ1n) is 7.96. The van der Waals surface area contributed by atoms with Gasteiger partial charge in [0.05, 0.1) is 21.0 Å². The van der Waals surface area contributed by atoms with Crippen molar-refractivity contribution in [2.75, 3.05) is 11.8 Å². The summed E-state index contributed by atoms with van der Waals surface area (Å²) in [6.07, 6.45) is 0. The van der Waals surface area contributed by atoms with Crippen LogP contribution in [0.1, 0.15) is 10.4 Å². The van der Waals surface area contributed by atoms with Crippen LogP contribution in [0.3, 0.4) is 0 Å². The average Bonchev–Trinajstić information content (AvgIpc) is 2.67. The standard InChI is InChI=1S/C18H16N2O6S2/c1-19-27(23,24)14-7-4-8-15(11-14)28(25,26)20-17-10-13-6-3-2-5-12(13)9-16(17)18(21)22/h2-11,19-20H,1H3,(H,21,22). The molecule has 0 aliphatic heterocycles. The van der Waals surface area contributed by atoms with Crippen molar-refractivity contribution < 1.29 is 26.7 Å². The van der Waals surface area contributed by atoms with Crippen molar-refractivity contribution in [1.82, 2.24) is 4.72 Å². The molecule has 28 heavy (non-hydrogen) atoms. The van der Waals surface area contributed by atoms with Gasteiger partial charge in [-0.05, 0) is 48.2 Å². The number of anilines is 1. The Morgan fingerprint density at radius 2 is 1.39 bits per heavy atom. The molecular weight excluding hydrogens is 404 g/mol. The number of aromatic carboxylic acids is 1. The number of carboxylic acids is 1. The minimum Gasteiger partial charge on any atom is -0.478 e. The van der Waals surface area contributed by atoms with Crippen LogP contribution in [0.5, 0.6) is 0 Å². The second-order valence-corrected chi connectivity index (χ2v) is 9.41. The Hall–Kier alpha value is -2.95.